The molecule has 15 heavy (non-hydrogen) atoms. The minimum atomic E-state index is 0.763. The van der Waals surface area contributed by atoms with Crippen molar-refractivity contribution in [3.05, 3.63) is 36.5 Å². The summed E-state index contributed by atoms with van der Waals surface area (Å²) in [5.74, 6) is 3.19. The zero-order valence-electron chi connectivity index (χ0n) is 9.89. The van der Waals surface area contributed by atoms with Crippen LogP contribution >= 0.6 is 0 Å². The summed E-state index contributed by atoms with van der Waals surface area (Å²) in [4.78, 5) is 0. The lowest BCUT2D eigenvalue weighted by Gasteiger charge is -2.29. The smallest absolute Gasteiger partial charge is 0.0133 e. The maximum Gasteiger partial charge on any atom is -0.0133 e. The number of hydrogen-bond acceptors (Lipinski definition) is 0. The Bertz CT molecular complexity index is 280. The summed E-state index contributed by atoms with van der Waals surface area (Å²) in [6, 6.07) is 0. The topological polar surface area (TPSA) is 0 Å². The van der Waals surface area contributed by atoms with E-state index in [9.17, 15) is 0 Å². The molecule has 0 aromatic heterocycles. The zero-order valence-corrected chi connectivity index (χ0v) is 9.89. The van der Waals surface area contributed by atoms with E-state index in [-0.39, 0.29) is 0 Å². The van der Waals surface area contributed by atoms with Crippen LogP contribution in [0.3, 0.4) is 0 Å². The lowest BCUT2D eigenvalue weighted by Crippen LogP contribution is -2.18. The summed E-state index contributed by atoms with van der Waals surface area (Å²) in [5, 5.41) is 0. The molecule has 0 nitrogen and oxygen atoms in total. The highest BCUT2D eigenvalue weighted by atomic mass is 14.3. The Hall–Kier alpha value is -0.780. The van der Waals surface area contributed by atoms with Gasteiger partial charge in [0.05, 0.1) is 0 Å². The van der Waals surface area contributed by atoms with Crippen molar-refractivity contribution in [2.24, 2.45) is 23.7 Å². The molecule has 2 aliphatic carbocycles. The Morgan fingerprint density at radius 2 is 1.80 bits per heavy atom. The van der Waals surface area contributed by atoms with Crippen molar-refractivity contribution in [2.75, 3.05) is 0 Å². The summed E-state index contributed by atoms with van der Waals surface area (Å²) in [6.07, 6.45) is 18.0. The maximum atomic E-state index is 2.47. The predicted octanol–water partition coefficient (Wildman–Crippen LogP) is 4.36. The van der Waals surface area contributed by atoms with E-state index in [0.29, 0.717) is 0 Å². The molecular formula is C15H22. The first-order valence-corrected chi connectivity index (χ1v) is 6.29. The summed E-state index contributed by atoms with van der Waals surface area (Å²) in [7, 11) is 0. The second-order valence-electron chi connectivity index (χ2n) is 5.25. The largest absolute Gasteiger partial charge is 0.0849 e. The van der Waals surface area contributed by atoms with E-state index in [1.165, 1.54) is 19.3 Å². The van der Waals surface area contributed by atoms with Crippen molar-refractivity contribution < 1.29 is 0 Å². The van der Waals surface area contributed by atoms with Gasteiger partial charge in [-0.15, -0.1) is 0 Å². The van der Waals surface area contributed by atoms with Gasteiger partial charge in [0.2, 0.25) is 0 Å². The fourth-order valence-electron chi connectivity index (χ4n) is 2.69. The molecule has 0 aromatic carbocycles. The monoisotopic (exact) mass is 202 g/mol. The molecular weight excluding hydrogens is 180 g/mol. The molecule has 2 rings (SSSR count). The van der Waals surface area contributed by atoms with Crippen LogP contribution in [0.25, 0.3) is 0 Å². The van der Waals surface area contributed by atoms with Crippen LogP contribution < -0.4 is 0 Å². The van der Waals surface area contributed by atoms with Gasteiger partial charge in [0.15, 0.2) is 0 Å². The van der Waals surface area contributed by atoms with Crippen molar-refractivity contribution in [1.82, 2.24) is 0 Å². The molecule has 0 aliphatic heterocycles. The fourth-order valence-corrected chi connectivity index (χ4v) is 2.69. The molecule has 0 heterocycles. The van der Waals surface area contributed by atoms with Crippen molar-refractivity contribution in [2.45, 2.75) is 33.1 Å². The molecule has 0 fully saturated rings. The second-order valence-corrected chi connectivity index (χ2v) is 5.25. The minimum absolute atomic E-state index is 0.763. The Morgan fingerprint density at radius 3 is 2.33 bits per heavy atom. The highest BCUT2D eigenvalue weighted by Crippen LogP contribution is 2.34. The SMILES string of the molecule is CC(C)C1C=CC(C2C=CC=CC2)CC1. The van der Waals surface area contributed by atoms with Gasteiger partial charge >= 0.3 is 0 Å². The van der Waals surface area contributed by atoms with Gasteiger partial charge in [0, 0.05) is 0 Å². The van der Waals surface area contributed by atoms with Crippen LogP contribution in [0.5, 0.6) is 0 Å². The quantitative estimate of drug-likeness (QED) is 0.584. The van der Waals surface area contributed by atoms with Gasteiger partial charge in [0.1, 0.15) is 0 Å². The Balaban J connectivity index is 1.94. The van der Waals surface area contributed by atoms with E-state index in [1.807, 2.05) is 0 Å². The molecule has 0 N–H and O–H groups in total. The van der Waals surface area contributed by atoms with Crippen LogP contribution in [-0.4, -0.2) is 0 Å². The molecule has 0 spiro atoms. The highest BCUT2D eigenvalue weighted by molar-refractivity contribution is 5.15. The third-order valence-corrected chi connectivity index (χ3v) is 3.86. The Labute approximate surface area is 93.8 Å². The van der Waals surface area contributed by atoms with Crippen LogP contribution in [0.4, 0.5) is 0 Å². The van der Waals surface area contributed by atoms with Gasteiger partial charge in [-0.05, 0) is 42.9 Å². The number of hydrogen-bond donors (Lipinski definition) is 0. The van der Waals surface area contributed by atoms with Gasteiger partial charge in [-0.1, -0.05) is 50.3 Å². The molecule has 0 aromatic rings. The Kier molecular flexibility index (Phi) is 3.45. The molecule has 3 atom stereocenters. The molecule has 0 radical (unpaired) electrons. The Morgan fingerprint density at radius 1 is 0.933 bits per heavy atom. The van der Waals surface area contributed by atoms with Gasteiger partial charge in [-0.25, -0.2) is 0 Å². The van der Waals surface area contributed by atoms with E-state index in [4.69, 9.17) is 0 Å². The first kappa shape index (κ1) is 10.7. The summed E-state index contributed by atoms with van der Waals surface area (Å²) in [5.41, 5.74) is 0. The summed E-state index contributed by atoms with van der Waals surface area (Å²) < 4.78 is 0. The molecule has 0 heteroatoms. The minimum Gasteiger partial charge on any atom is -0.0849 e. The van der Waals surface area contributed by atoms with Crippen LogP contribution in [0.2, 0.25) is 0 Å². The summed E-state index contributed by atoms with van der Waals surface area (Å²) >= 11 is 0. The number of rotatable bonds is 2. The van der Waals surface area contributed by atoms with Gasteiger partial charge in [0.25, 0.3) is 0 Å². The summed E-state index contributed by atoms with van der Waals surface area (Å²) in [6.45, 7) is 4.66. The van der Waals surface area contributed by atoms with E-state index >= 15 is 0 Å². The van der Waals surface area contributed by atoms with E-state index in [1.54, 1.807) is 0 Å². The van der Waals surface area contributed by atoms with Gasteiger partial charge in [-0.2, -0.15) is 0 Å². The van der Waals surface area contributed by atoms with E-state index < -0.39 is 0 Å². The van der Waals surface area contributed by atoms with Crippen LogP contribution in [0.1, 0.15) is 33.1 Å². The first-order chi connectivity index (χ1) is 7.27. The number of allylic oxidation sites excluding steroid dienone is 6. The van der Waals surface area contributed by atoms with Crippen LogP contribution in [0.15, 0.2) is 36.5 Å². The molecule has 0 saturated heterocycles. The molecule has 2 aliphatic rings. The normalized spacial score (nSPS) is 35.0. The highest BCUT2D eigenvalue weighted by Gasteiger charge is 2.22. The standard InChI is InChI=1S/C15H22/c1-12(2)13-8-10-15(11-9-13)14-6-4-3-5-7-14/h3-6,8,10,12-15H,7,9,11H2,1-2H3. The second kappa shape index (κ2) is 4.83. The third-order valence-electron chi connectivity index (χ3n) is 3.86. The molecule has 0 bridgehead atoms. The van der Waals surface area contributed by atoms with Gasteiger partial charge in [-0.3, -0.25) is 0 Å². The zero-order chi connectivity index (χ0) is 10.7. The average molecular weight is 202 g/mol. The average Bonchev–Trinajstić information content (AvgIpc) is 2.30. The van der Waals surface area contributed by atoms with Crippen LogP contribution in [0, 0.1) is 23.7 Å². The molecule has 0 amide bonds. The predicted molar refractivity (Wildman–Crippen MR) is 66.6 cm³/mol. The van der Waals surface area contributed by atoms with E-state index in [2.05, 4.69) is 50.3 Å². The van der Waals surface area contributed by atoms with Crippen LogP contribution in [-0.2, 0) is 0 Å². The first-order valence-electron chi connectivity index (χ1n) is 6.29. The van der Waals surface area contributed by atoms with Gasteiger partial charge < -0.3 is 0 Å². The fraction of sp³-hybridized carbons (Fsp3) is 0.600. The van der Waals surface area contributed by atoms with Crippen molar-refractivity contribution in [1.29, 1.82) is 0 Å². The molecule has 0 saturated carbocycles. The van der Waals surface area contributed by atoms with Crippen molar-refractivity contribution in [3.63, 3.8) is 0 Å². The maximum absolute atomic E-state index is 2.47. The molecule has 3 unspecified atom stereocenters. The van der Waals surface area contributed by atoms with Crippen molar-refractivity contribution >= 4 is 0 Å². The lowest BCUT2D eigenvalue weighted by atomic mass is 9.76. The van der Waals surface area contributed by atoms with E-state index in [0.717, 1.165) is 23.7 Å². The third kappa shape index (κ3) is 2.62. The molecule has 82 valence electrons. The lowest BCUT2D eigenvalue weighted by molar-refractivity contribution is 0.336. The van der Waals surface area contributed by atoms with Crippen molar-refractivity contribution in [3.8, 4) is 0 Å².